The van der Waals surface area contributed by atoms with E-state index in [1.165, 1.54) is 21.5 Å². The third kappa shape index (κ3) is 6.29. The van der Waals surface area contributed by atoms with E-state index in [-0.39, 0.29) is 18.1 Å². The number of rotatable bonds is 9. The van der Waals surface area contributed by atoms with Gasteiger partial charge in [0.05, 0.1) is 6.54 Å². The van der Waals surface area contributed by atoms with Gasteiger partial charge in [-0.05, 0) is 89.5 Å². The molecular weight excluding hydrogens is 516 g/mol. The monoisotopic (exact) mass is 550 g/mol. The van der Waals surface area contributed by atoms with Crippen LogP contribution in [0.2, 0.25) is 5.02 Å². The summed E-state index contributed by atoms with van der Waals surface area (Å²) in [5.41, 5.74) is 2.01. The van der Waals surface area contributed by atoms with Gasteiger partial charge in [0.2, 0.25) is 12.4 Å². The Balaban J connectivity index is 1.79. The lowest BCUT2D eigenvalue weighted by Gasteiger charge is -2.29. The van der Waals surface area contributed by atoms with Crippen LogP contribution >= 0.6 is 11.6 Å². The number of carbonyl (C=O) groups excluding carboxylic acids is 1. The van der Waals surface area contributed by atoms with Crippen LogP contribution in [0, 0.1) is 0 Å². The van der Waals surface area contributed by atoms with E-state index < -0.39 is 0 Å². The van der Waals surface area contributed by atoms with E-state index in [1.807, 2.05) is 32.9 Å². The number of likely N-dealkylation sites (tertiary alicyclic amines) is 1. The molecule has 1 N–H and O–H groups in total. The Morgan fingerprint density at radius 2 is 2.05 bits per heavy atom. The molecule has 3 heterocycles. The standard InChI is InChI=1S/C28H35ClN8O2/c1-6-8-25(33-35(18-38)19(3)4)37-26-24(27(39)36(37)11-7-2)17-30-28(32-26)31-23-15-21(14-22(29)16-23)20-9-12-34(5)13-10-20/h6-8,14-20H,2,9-13H2,1,3-5H3,(H,30,31,32)/b8-6-,33-25+. The molecule has 4 rings (SSSR count). The number of hydrazone groups is 1. The molecule has 11 heteroatoms. The maximum atomic E-state index is 13.3. The Hall–Kier alpha value is -3.76. The Kier molecular flexibility index (Phi) is 8.98. The zero-order chi connectivity index (χ0) is 28.1. The maximum absolute atomic E-state index is 13.3. The van der Waals surface area contributed by atoms with Gasteiger partial charge in [0.15, 0.2) is 11.5 Å². The highest BCUT2D eigenvalue weighted by atomic mass is 35.5. The fourth-order valence-corrected chi connectivity index (χ4v) is 4.92. The Labute approximate surface area is 233 Å². The summed E-state index contributed by atoms with van der Waals surface area (Å²) in [6.07, 6.45) is 9.42. The van der Waals surface area contributed by atoms with Crippen LogP contribution in [0.3, 0.4) is 0 Å². The highest BCUT2D eigenvalue weighted by Crippen LogP contribution is 2.32. The molecule has 0 unspecified atom stereocenters. The van der Waals surface area contributed by atoms with Crippen molar-refractivity contribution in [2.24, 2.45) is 5.10 Å². The van der Waals surface area contributed by atoms with Crippen LogP contribution in [0.15, 0.2) is 59.1 Å². The van der Waals surface area contributed by atoms with Crippen molar-refractivity contribution in [3.05, 3.63) is 70.1 Å². The van der Waals surface area contributed by atoms with Crippen molar-refractivity contribution >= 4 is 46.5 Å². The number of benzene rings is 1. The van der Waals surface area contributed by atoms with E-state index in [9.17, 15) is 9.59 Å². The van der Waals surface area contributed by atoms with E-state index in [0.29, 0.717) is 40.2 Å². The lowest BCUT2D eigenvalue weighted by Crippen LogP contribution is -2.31. The van der Waals surface area contributed by atoms with Gasteiger partial charge >= 0.3 is 0 Å². The third-order valence-electron chi connectivity index (χ3n) is 6.73. The average Bonchev–Trinajstić information content (AvgIpc) is 3.17. The largest absolute Gasteiger partial charge is 0.324 e. The van der Waals surface area contributed by atoms with E-state index in [4.69, 9.17) is 16.6 Å². The zero-order valence-corrected chi connectivity index (χ0v) is 23.6. The predicted octanol–water partition coefficient (Wildman–Crippen LogP) is 4.59. The van der Waals surface area contributed by atoms with Crippen LogP contribution in [0.1, 0.15) is 45.1 Å². The number of allylic oxidation sites excluding steroid dienone is 3. The van der Waals surface area contributed by atoms with Gasteiger partial charge < -0.3 is 10.2 Å². The van der Waals surface area contributed by atoms with Crippen molar-refractivity contribution in [3.63, 3.8) is 0 Å². The molecule has 0 bridgehead atoms. The van der Waals surface area contributed by atoms with Gasteiger partial charge in [0, 0.05) is 22.9 Å². The molecule has 0 atom stereocenters. The van der Waals surface area contributed by atoms with Crippen molar-refractivity contribution in [1.29, 1.82) is 0 Å². The number of nitrogens with zero attached hydrogens (tertiary/aromatic N) is 7. The van der Waals surface area contributed by atoms with Gasteiger partial charge in [0.1, 0.15) is 5.39 Å². The van der Waals surface area contributed by atoms with Gasteiger partial charge in [-0.15, -0.1) is 6.58 Å². The minimum Gasteiger partial charge on any atom is -0.324 e. The van der Waals surface area contributed by atoms with Crippen LogP contribution < -0.4 is 10.9 Å². The van der Waals surface area contributed by atoms with Crippen LogP contribution in [-0.2, 0) is 11.3 Å². The van der Waals surface area contributed by atoms with Crippen molar-refractivity contribution in [2.45, 2.75) is 52.1 Å². The van der Waals surface area contributed by atoms with E-state index in [1.54, 1.807) is 22.9 Å². The fourth-order valence-electron chi connectivity index (χ4n) is 4.67. The number of hydrogen-bond acceptors (Lipinski definition) is 7. The molecule has 1 aliphatic rings. The van der Waals surface area contributed by atoms with E-state index >= 15 is 0 Å². The normalized spacial score (nSPS) is 15.4. The van der Waals surface area contributed by atoms with Gasteiger partial charge in [-0.25, -0.2) is 19.4 Å². The van der Waals surface area contributed by atoms with Gasteiger partial charge in [-0.2, -0.15) is 10.1 Å². The second-order valence-corrected chi connectivity index (χ2v) is 10.4. The number of amides is 1. The van der Waals surface area contributed by atoms with Crippen LogP contribution in [-0.4, -0.2) is 67.7 Å². The lowest BCUT2D eigenvalue weighted by molar-refractivity contribution is -0.119. The Morgan fingerprint density at radius 1 is 1.31 bits per heavy atom. The number of fused-ring (bicyclic) bond motifs is 1. The third-order valence-corrected chi connectivity index (χ3v) is 6.95. The highest BCUT2D eigenvalue weighted by molar-refractivity contribution is 6.31. The molecule has 1 amide bonds. The smallest absolute Gasteiger partial charge is 0.278 e. The quantitative estimate of drug-likeness (QED) is 0.137. The summed E-state index contributed by atoms with van der Waals surface area (Å²) in [6.45, 7) is 11.6. The molecule has 1 saturated heterocycles. The number of carbonyl (C=O) groups is 1. The summed E-state index contributed by atoms with van der Waals surface area (Å²) >= 11 is 6.50. The predicted molar refractivity (Wildman–Crippen MR) is 157 cm³/mol. The first kappa shape index (κ1) is 28.3. The number of nitrogens with one attached hydrogen (secondary N) is 1. The minimum absolute atomic E-state index is 0.183. The van der Waals surface area contributed by atoms with E-state index in [0.717, 1.165) is 31.6 Å². The summed E-state index contributed by atoms with van der Waals surface area (Å²) in [7, 11) is 2.14. The maximum Gasteiger partial charge on any atom is 0.278 e. The van der Waals surface area contributed by atoms with Crippen LogP contribution in [0.25, 0.3) is 11.0 Å². The van der Waals surface area contributed by atoms with Crippen molar-refractivity contribution in [1.82, 2.24) is 29.2 Å². The second-order valence-electron chi connectivity index (χ2n) is 9.93. The molecular formula is C28H35ClN8O2. The van der Waals surface area contributed by atoms with Crippen molar-refractivity contribution < 1.29 is 4.79 Å². The van der Waals surface area contributed by atoms with Crippen LogP contribution in [0.4, 0.5) is 11.6 Å². The van der Waals surface area contributed by atoms with E-state index in [2.05, 4.69) is 40.0 Å². The van der Waals surface area contributed by atoms with Crippen LogP contribution in [0.5, 0.6) is 0 Å². The number of anilines is 2. The zero-order valence-electron chi connectivity index (χ0n) is 22.8. The molecule has 2 aromatic heterocycles. The molecule has 0 radical (unpaired) electrons. The molecule has 0 spiro atoms. The summed E-state index contributed by atoms with van der Waals surface area (Å²) in [5, 5.41) is 10.0. The number of hydrogen-bond donors (Lipinski definition) is 1. The molecule has 0 saturated carbocycles. The molecule has 39 heavy (non-hydrogen) atoms. The summed E-state index contributed by atoms with van der Waals surface area (Å²) < 4.78 is 3.06. The van der Waals surface area contributed by atoms with Crippen molar-refractivity contribution in [3.8, 4) is 0 Å². The van der Waals surface area contributed by atoms with Gasteiger partial charge in [0.25, 0.3) is 5.56 Å². The summed E-state index contributed by atoms with van der Waals surface area (Å²) in [5.74, 6) is 1.09. The number of aromatic nitrogens is 4. The molecule has 0 aliphatic carbocycles. The number of halogens is 1. The first-order valence-electron chi connectivity index (χ1n) is 13.1. The lowest BCUT2D eigenvalue weighted by atomic mass is 9.89. The first-order valence-corrected chi connectivity index (χ1v) is 13.4. The Bertz CT molecular complexity index is 1460. The topological polar surface area (TPSA) is 101 Å². The number of piperidine rings is 1. The molecule has 1 aromatic carbocycles. The average molecular weight is 551 g/mol. The molecule has 1 aliphatic heterocycles. The minimum atomic E-state index is -0.289. The molecule has 206 valence electrons. The summed E-state index contributed by atoms with van der Waals surface area (Å²) in [4.78, 5) is 36.5. The summed E-state index contributed by atoms with van der Waals surface area (Å²) in [6, 6.07) is 5.76. The SMILES string of the molecule is C=CCn1c(=O)c2cnc(Nc3cc(Cl)cc(C4CCN(C)CC4)c3)nc2n1C(/C=C\C)=N/N(C=O)C(C)C. The molecule has 1 fully saturated rings. The molecule has 10 nitrogen and oxygen atoms in total. The van der Waals surface area contributed by atoms with Gasteiger partial charge in [-0.1, -0.05) is 23.8 Å². The Morgan fingerprint density at radius 3 is 2.69 bits per heavy atom. The highest BCUT2D eigenvalue weighted by Gasteiger charge is 2.21. The molecule has 3 aromatic rings. The first-order chi connectivity index (χ1) is 18.7. The van der Waals surface area contributed by atoms with Crippen molar-refractivity contribution in [2.75, 3.05) is 25.5 Å². The second kappa shape index (κ2) is 12.4. The fraction of sp³-hybridized carbons (Fsp3) is 0.393. The van der Waals surface area contributed by atoms with Gasteiger partial charge in [-0.3, -0.25) is 9.59 Å².